The fraction of sp³-hybridized carbons (Fsp3) is 0.263. The highest BCUT2D eigenvalue weighted by molar-refractivity contribution is 6.39. The second kappa shape index (κ2) is 8.28. The summed E-state index contributed by atoms with van der Waals surface area (Å²) < 4.78 is 13.6. The molecule has 0 heterocycles. The van der Waals surface area contributed by atoms with Crippen LogP contribution in [0.25, 0.3) is 0 Å². The first kappa shape index (κ1) is 18.4. The summed E-state index contributed by atoms with van der Waals surface area (Å²) >= 11 is 0. The number of halogens is 1. The van der Waals surface area contributed by atoms with Gasteiger partial charge in [0.1, 0.15) is 5.82 Å². The lowest BCUT2D eigenvalue weighted by Crippen LogP contribution is -2.36. The number of benzene rings is 2. The molecule has 0 radical (unpaired) electrons. The van der Waals surface area contributed by atoms with Crippen molar-refractivity contribution in [3.05, 3.63) is 59.4 Å². The molecule has 2 rings (SSSR count). The zero-order chi connectivity index (χ0) is 18.4. The normalized spacial score (nSPS) is 10.2. The van der Waals surface area contributed by atoms with E-state index in [9.17, 15) is 14.0 Å². The van der Waals surface area contributed by atoms with E-state index in [4.69, 9.17) is 0 Å². The Balaban J connectivity index is 1.83. The third kappa shape index (κ3) is 5.31. The first-order valence-corrected chi connectivity index (χ1v) is 7.98. The highest BCUT2D eigenvalue weighted by atomic mass is 19.1. The minimum absolute atomic E-state index is 0.000533. The number of carbonyl (C=O) groups excluding carboxylic acids is 2. The van der Waals surface area contributed by atoms with E-state index in [1.165, 1.54) is 12.1 Å². The van der Waals surface area contributed by atoms with Gasteiger partial charge in [-0.1, -0.05) is 18.2 Å². The summed E-state index contributed by atoms with van der Waals surface area (Å²) in [6.45, 7) is 2.10. The van der Waals surface area contributed by atoms with E-state index in [2.05, 4.69) is 10.6 Å². The molecule has 5 nitrogen and oxygen atoms in total. The Morgan fingerprint density at radius 2 is 1.72 bits per heavy atom. The van der Waals surface area contributed by atoms with Crippen LogP contribution in [0.15, 0.2) is 42.5 Å². The summed E-state index contributed by atoms with van der Waals surface area (Å²) in [5, 5.41) is 4.83. The fourth-order valence-corrected chi connectivity index (χ4v) is 2.28. The van der Waals surface area contributed by atoms with Crippen LogP contribution in [-0.2, 0) is 16.0 Å². The lowest BCUT2D eigenvalue weighted by atomic mass is 10.1. The summed E-state index contributed by atoms with van der Waals surface area (Å²) in [5.74, 6) is -2.24. The molecule has 0 unspecified atom stereocenters. The Hall–Kier alpha value is -2.89. The number of hydrogen-bond acceptors (Lipinski definition) is 3. The molecule has 2 N–H and O–H groups in total. The summed E-state index contributed by atoms with van der Waals surface area (Å²) in [4.78, 5) is 25.7. The quantitative estimate of drug-likeness (QED) is 0.820. The minimum Gasteiger partial charge on any atom is -0.378 e. The van der Waals surface area contributed by atoms with Crippen molar-refractivity contribution in [3.8, 4) is 0 Å². The Morgan fingerprint density at radius 1 is 1.04 bits per heavy atom. The van der Waals surface area contributed by atoms with Crippen LogP contribution in [0.2, 0.25) is 0 Å². The molecule has 0 aromatic heterocycles. The SMILES string of the molecule is Cc1ccc(F)c(NC(=O)C(=O)NCCc2ccc(N(C)C)cc2)c1. The van der Waals surface area contributed by atoms with Gasteiger partial charge in [-0.15, -0.1) is 0 Å². The van der Waals surface area contributed by atoms with Crippen LogP contribution in [0.1, 0.15) is 11.1 Å². The van der Waals surface area contributed by atoms with Crippen molar-refractivity contribution in [2.45, 2.75) is 13.3 Å². The summed E-state index contributed by atoms with van der Waals surface area (Å²) in [7, 11) is 3.93. The second-order valence-electron chi connectivity index (χ2n) is 6.00. The highest BCUT2D eigenvalue weighted by Gasteiger charge is 2.15. The number of aryl methyl sites for hydroxylation is 1. The van der Waals surface area contributed by atoms with Crippen LogP contribution >= 0.6 is 0 Å². The lowest BCUT2D eigenvalue weighted by Gasteiger charge is -2.12. The largest absolute Gasteiger partial charge is 0.378 e. The van der Waals surface area contributed by atoms with Gasteiger partial charge in [0, 0.05) is 26.3 Å². The van der Waals surface area contributed by atoms with Gasteiger partial charge in [-0.2, -0.15) is 0 Å². The molecule has 2 amide bonds. The van der Waals surface area contributed by atoms with Crippen LogP contribution in [0.3, 0.4) is 0 Å². The Bertz CT molecular complexity index is 758. The average molecular weight is 343 g/mol. The molecule has 0 atom stereocenters. The standard InChI is InChI=1S/C19H22FN3O2/c1-13-4-9-16(20)17(12-13)22-19(25)18(24)21-11-10-14-5-7-15(8-6-14)23(2)3/h4-9,12H,10-11H2,1-3H3,(H,21,24)(H,22,25). The summed E-state index contributed by atoms with van der Waals surface area (Å²) in [6, 6.07) is 12.3. The molecule has 0 aliphatic rings. The Kier molecular flexibility index (Phi) is 6.11. The zero-order valence-electron chi connectivity index (χ0n) is 14.6. The number of carbonyl (C=O) groups is 2. The minimum atomic E-state index is -0.882. The van der Waals surface area contributed by atoms with E-state index in [0.29, 0.717) is 13.0 Å². The first-order chi connectivity index (χ1) is 11.9. The molecule has 25 heavy (non-hydrogen) atoms. The first-order valence-electron chi connectivity index (χ1n) is 7.98. The van der Waals surface area contributed by atoms with Crippen LogP contribution in [0.4, 0.5) is 15.8 Å². The molecule has 0 spiro atoms. The maximum Gasteiger partial charge on any atom is 0.313 e. The third-order valence-electron chi connectivity index (χ3n) is 3.73. The van der Waals surface area contributed by atoms with Gasteiger partial charge in [-0.05, 0) is 48.7 Å². The van der Waals surface area contributed by atoms with Crippen molar-refractivity contribution in [1.29, 1.82) is 0 Å². The Morgan fingerprint density at radius 3 is 2.36 bits per heavy atom. The predicted octanol–water partition coefficient (Wildman–Crippen LogP) is 2.50. The number of rotatable bonds is 5. The van der Waals surface area contributed by atoms with Crippen molar-refractivity contribution in [3.63, 3.8) is 0 Å². The van der Waals surface area contributed by atoms with E-state index < -0.39 is 17.6 Å². The van der Waals surface area contributed by atoms with Crippen LogP contribution < -0.4 is 15.5 Å². The van der Waals surface area contributed by atoms with Gasteiger partial charge >= 0.3 is 11.8 Å². The number of nitrogens with one attached hydrogen (secondary N) is 2. The predicted molar refractivity (Wildman–Crippen MR) is 97.2 cm³/mol. The van der Waals surface area contributed by atoms with Crippen LogP contribution in [0, 0.1) is 12.7 Å². The van der Waals surface area contributed by atoms with Crippen molar-refractivity contribution in [2.24, 2.45) is 0 Å². The van der Waals surface area contributed by atoms with Crippen molar-refractivity contribution in [2.75, 3.05) is 30.9 Å². The summed E-state index contributed by atoms with van der Waals surface area (Å²) in [5.41, 5.74) is 2.93. The zero-order valence-corrected chi connectivity index (χ0v) is 14.6. The number of nitrogens with zero attached hydrogens (tertiary/aromatic N) is 1. The molecule has 0 saturated carbocycles. The van der Waals surface area contributed by atoms with Crippen molar-refractivity contribution < 1.29 is 14.0 Å². The van der Waals surface area contributed by atoms with Crippen LogP contribution in [-0.4, -0.2) is 32.5 Å². The van der Waals surface area contributed by atoms with Gasteiger partial charge in [-0.25, -0.2) is 4.39 Å². The molecule has 132 valence electrons. The second-order valence-corrected chi connectivity index (χ2v) is 6.00. The average Bonchev–Trinajstić information content (AvgIpc) is 2.58. The van der Waals surface area contributed by atoms with E-state index >= 15 is 0 Å². The third-order valence-corrected chi connectivity index (χ3v) is 3.73. The van der Waals surface area contributed by atoms with Gasteiger partial charge < -0.3 is 15.5 Å². The molecule has 0 fully saturated rings. The number of amides is 2. The maximum atomic E-state index is 13.6. The van der Waals surface area contributed by atoms with Gasteiger partial charge in [-0.3, -0.25) is 9.59 Å². The lowest BCUT2D eigenvalue weighted by molar-refractivity contribution is -0.136. The molecule has 0 saturated heterocycles. The van der Waals surface area contributed by atoms with Gasteiger partial charge in [0.05, 0.1) is 5.69 Å². The molecule has 0 aliphatic heterocycles. The van der Waals surface area contributed by atoms with Gasteiger partial charge in [0.25, 0.3) is 0 Å². The molecule has 2 aromatic carbocycles. The van der Waals surface area contributed by atoms with Crippen molar-refractivity contribution in [1.82, 2.24) is 5.32 Å². The molecular weight excluding hydrogens is 321 g/mol. The van der Waals surface area contributed by atoms with E-state index in [-0.39, 0.29) is 5.69 Å². The van der Waals surface area contributed by atoms with Crippen molar-refractivity contribution >= 4 is 23.2 Å². The van der Waals surface area contributed by atoms with E-state index in [1.54, 1.807) is 13.0 Å². The highest BCUT2D eigenvalue weighted by Crippen LogP contribution is 2.15. The topological polar surface area (TPSA) is 61.4 Å². The Labute approximate surface area is 146 Å². The monoisotopic (exact) mass is 343 g/mol. The molecule has 0 aliphatic carbocycles. The number of hydrogen-bond donors (Lipinski definition) is 2. The summed E-state index contributed by atoms with van der Waals surface area (Å²) in [6.07, 6.45) is 0.603. The molecule has 6 heteroatoms. The molecule has 0 bridgehead atoms. The smallest absolute Gasteiger partial charge is 0.313 e. The maximum absolute atomic E-state index is 13.6. The van der Waals surface area contributed by atoms with E-state index in [0.717, 1.165) is 16.8 Å². The van der Waals surface area contributed by atoms with Crippen LogP contribution in [0.5, 0.6) is 0 Å². The fourth-order valence-electron chi connectivity index (χ4n) is 2.28. The molecule has 2 aromatic rings. The molecular formula is C19H22FN3O2. The van der Waals surface area contributed by atoms with Gasteiger partial charge in [0.15, 0.2) is 0 Å². The van der Waals surface area contributed by atoms with E-state index in [1.807, 2.05) is 43.3 Å². The number of anilines is 2. The van der Waals surface area contributed by atoms with Gasteiger partial charge in [0.2, 0.25) is 0 Å².